The van der Waals surface area contributed by atoms with Crippen LogP contribution in [0.2, 0.25) is 0 Å². The maximum absolute atomic E-state index is 4.39. The molecule has 1 aliphatic rings. The predicted octanol–water partition coefficient (Wildman–Crippen LogP) is 2.87. The maximum atomic E-state index is 4.39. The molecular weight excluding hydrogens is 210 g/mol. The van der Waals surface area contributed by atoms with Crippen molar-refractivity contribution in [2.45, 2.75) is 58.0 Å². The normalized spacial score (nSPS) is 25.1. The van der Waals surface area contributed by atoms with Gasteiger partial charge in [-0.3, -0.25) is 4.68 Å². The minimum absolute atomic E-state index is 0.713. The fraction of sp³-hybridized carbons (Fsp3) is 0.786. The first-order valence-corrected chi connectivity index (χ1v) is 7.00. The molecule has 17 heavy (non-hydrogen) atoms. The molecule has 0 saturated heterocycles. The summed E-state index contributed by atoms with van der Waals surface area (Å²) in [7, 11) is 1.97. The van der Waals surface area contributed by atoms with Crippen molar-refractivity contribution in [2.24, 2.45) is 13.0 Å². The summed E-state index contributed by atoms with van der Waals surface area (Å²) in [5.41, 5.74) is 1.16. The van der Waals surface area contributed by atoms with Gasteiger partial charge in [-0.25, -0.2) is 0 Å². The van der Waals surface area contributed by atoms with Gasteiger partial charge in [-0.1, -0.05) is 19.8 Å². The van der Waals surface area contributed by atoms with Crippen molar-refractivity contribution in [1.82, 2.24) is 15.1 Å². The van der Waals surface area contributed by atoms with Gasteiger partial charge in [0.15, 0.2) is 0 Å². The minimum Gasteiger partial charge on any atom is -0.308 e. The number of rotatable bonds is 5. The number of hydrogen-bond acceptors (Lipinski definition) is 2. The monoisotopic (exact) mass is 235 g/mol. The molecule has 1 heterocycles. The molecule has 96 valence electrons. The van der Waals surface area contributed by atoms with Crippen molar-refractivity contribution in [3.8, 4) is 0 Å². The summed E-state index contributed by atoms with van der Waals surface area (Å²) in [5.74, 6) is 0.993. The van der Waals surface area contributed by atoms with E-state index in [0.717, 1.165) is 18.2 Å². The van der Waals surface area contributed by atoms with Crippen molar-refractivity contribution in [1.29, 1.82) is 0 Å². The molecule has 0 unspecified atom stereocenters. The molecule has 1 saturated carbocycles. The molecule has 0 amide bonds. The molecular formula is C14H25N3. The van der Waals surface area contributed by atoms with Gasteiger partial charge >= 0.3 is 0 Å². The second-order valence-electron chi connectivity index (χ2n) is 5.37. The second kappa shape index (κ2) is 6.20. The molecule has 0 aromatic carbocycles. The molecule has 0 atom stereocenters. The van der Waals surface area contributed by atoms with Gasteiger partial charge < -0.3 is 5.32 Å². The molecule has 0 bridgehead atoms. The third-order valence-electron chi connectivity index (χ3n) is 3.88. The summed E-state index contributed by atoms with van der Waals surface area (Å²) in [4.78, 5) is 0. The number of nitrogens with one attached hydrogen (secondary N) is 1. The molecule has 0 radical (unpaired) electrons. The Morgan fingerprint density at radius 3 is 2.71 bits per heavy atom. The standard InChI is InChI=1S/C14H25N3/c1-3-4-12-5-7-13(8-6-12)15-11-14-9-10-17(2)16-14/h9-10,12-13,15H,3-8,11H2,1-2H3. The van der Waals surface area contributed by atoms with Gasteiger partial charge in [-0.15, -0.1) is 0 Å². The van der Waals surface area contributed by atoms with Crippen molar-refractivity contribution in [2.75, 3.05) is 0 Å². The van der Waals surface area contributed by atoms with E-state index in [-0.39, 0.29) is 0 Å². The number of hydrogen-bond donors (Lipinski definition) is 1. The highest BCUT2D eigenvalue weighted by Gasteiger charge is 2.19. The fourth-order valence-electron chi connectivity index (χ4n) is 2.87. The Bertz CT molecular complexity index is 324. The second-order valence-corrected chi connectivity index (χ2v) is 5.37. The van der Waals surface area contributed by atoms with E-state index in [0.29, 0.717) is 6.04 Å². The van der Waals surface area contributed by atoms with Gasteiger partial charge in [0.25, 0.3) is 0 Å². The quantitative estimate of drug-likeness (QED) is 0.850. The SMILES string of the molecule is CCCC1CCC(NCc2ccn(C)n2)CC1. The van der Waals surface area contributed by atoms with Crippen molar-refractivity contribution in [3.05, 3.63) is 18.0 Å². The van der Waals surface area contributed by atoms with Crippen molar-refractivity contribution >= 4 is 0 Å². The predicted molar refractivity (Wildman–Crippen MR) is 70.7 cm³/mol. The lowest BCUT2D eigenvalue weighted by molar-refractivity contribution is 0.277. The third kappa shape index (κ3) is 3.84. The van der Waals surface area contributed by atoms with Crippen LogP contribution in [0.1, 0.15) is 51.1 Å². The summed E-state index contributed by atoms with van der Waals surface area (Å²) in [6, 6.07) is 2.81. The highest BCUT2D eigenvalue weighted by atomic mass is 15.3. The molecule has 3 heteroatoms. The Morgan fingerprint density at radius 2 is 2.12 bits per heavy atom. The van der Waals surface area contributed by atoms with Crippen LogP contribution in [0.5, 0.6) is 0 Å². The van der Waals surface area contributed by atoms with E-state index < -0.39 is 0 Å². The molecule has 0 spiro atoms. The minimum atomic E-state index is 0.713. The van der Waals surface area contributed by atoms with Crippen molar-refractivity contribution in [3.63, 3.8) is 0 Å². The van der Waals surface area contributed by atoms with Crippen LogP contribution in [0, 0.1) is 5.92 Å². The first-order valence-electron chi connectivity index (χ1n) is 7.00. The molecule has 1 aromatic heterocycles. The smallest absolute Gasteiger partial charge is 0.0762 e. The summed E-state index contributed by atoms with van der Waals surface area (Å²) in [6.45, 7) is 3.22. The van der Waals surface area contributed by atoms with E-state index >= 15 is 0 Å². The number of aromatic nitrogens is 2. The third-order valence-corrected chi connectivity index (χ3v) is 3.88. The molecule has 1 fully saturated rings. The molecule has 1 aromatic rings. The lowest BCUT2D eigenvalue weighted by atomic mass is 9.83. The Morgan fingerprint density at radius 1 is 1.35 bits per heavy atom. The average molecular weight is 235 g/mol. The Labute approximate surface area is 105 Å². The van der Waals surface area contributed by atoms with Crippen LogP contribution in [-0.4, -0.2) is 15.8 Å². The number of aryl methyl sites for hydroxylation is 1. The molecule has 1 aliphatic carbocycles. The lowest BCUT2D eigenvalue weighted by Crippen LogP contribution is -2.32. The zero-order valence-corrected chi connectivity index (χ0v) is 11.2. The zero-order chi connectivity index (χ0) is 12.1. The van der Waals surface area contributed by atoms with Gasteiger partial charge in [-0.05, 0) is 37.7 Å². The highest BCUT2D eigenvalue weighted by molar-refractivity contribution is 4.98. The fourth-order valence-corrected chi connectivity index (χ4v) is 2.87. The van der Waals surface area contributed by atoms with Crippen LogP contribution >= 0.6 is 0 Å². The Kier molecular flexibility index (Phi) is 4.60. The van der Waals surface area contributed by atoms with Crippen LogP contribution in [-0.2, 0) is 13.6 Å². The maximum Gasteiger partial charge on any atom is 0.0762 e. The van der Waals surface area contributed by atoms with E-state index in [1.807, 2.05) is 17.9 Å². The first-order chi connectivity index (χ1) is 8.28. The van der Waals surface area contributed by atoms with Crippen LogP contribution in [0.15, 0.2) is 12.3 Å². The van der Waals surface area contributed by atoms with Crippen molar-refractivity contribution < 1.29 is 0 Å². The zero-order valence-electron chi connectivity index (χ0n) is 11.2. The van der Waals surface area contributed by atoms with Gasteiger partial charge in [0.1, 0.15) is 0 Å². The molecule has 1 N–H and O–H groups in total. The van der Waals surface area contributed by atoms with E-state index in [4.69, 9.17) is 0 Å². The molecule has 3 nitrogen and oxygen atoms in total. The molecule has 2 rings (SSSR count). The first kappa shape index (κ1) is 12.6. The Balaban J connectivity index is 1.68. The van der Waals surface area contributed by atoms with E-state index in [1.165, 1.54) is 38.5 Å². The van der Waals surface area contributed by atoms with Gasteiger partial charge in [0.2, 0.25) is 0 Å². The lowest BCUT2D eigenvalue weighted by Gasteiger charge is -2.28. The summed E-state index contributed by atoms with van der Waals surface area (Å²) >= 11 is 0. The van der Waals surface area contributed by atoms with Gasteiger partial charge in [-0.2, -0.15) is 5.10 Å². The molecule has 0 aliphatic heterocycles. The van der Waals surface area contributed by atoms with Crippen LogP contribution in [0.25, 0.3) is 0 Å². The van der Waals surface area contributed by atoms with E-state index in [1.54, 1.807) is 0 Å². The number of nitrogens with zero attached hydrogens (tertiary/aromatic N) is 2. The summed E-state index contributed by atoms with van der Waals surface area (Å²) in [5, 5.41) is 8.03. The van der Waals surface area contributed by atoms with Gasteiger partial charge in [0, 0.05) is 25.8 Å². The van der Waals surface area contributed by atoms with E-state index in [9.17, 15) is 0 Å². The largest absolute Gasteiger partial charge is 0.308 e. The topological polar surface area (TPSA) is 29.9 Å². The summed E-state index contributed by atoms with van der Waals surface area (Å²) in [6.07, 6.45) is 10.3. The van der Waals surface area contributed by atoms with Crippen LogP contribution in [0.4, 0.5) is 0 Å². The highest BCUT2D eigenvalue weighted by Crippen LogP contribution is 2.27. The Hall–Kier alpha value is -0.830. The van der Waals surface area contributed by atoms with E-state index in [2.05, 4.69) is 23.4 Å². The van der Waals surface area contributed by atoms with Crippen LogP contribution in [0.3, 0.4) is 0 Å². The average Bonchev–Trinajstić information content (AvgIpc) is 2.75. The van der Waals surface area contributed by atoms with Gasteiger partial charge in [0.05, 0.1) is 5.69 Å². The summed E-state index contributed by atoms with van der Waals surface area (Å²) < 4.78 is 1.87. The van der Waals surface area contributed by atoms with Crippen LogP contribution < -0.4 is 5.32 Å².